The number of ether oxygens (including phenoxy) is 2. The van der Waals surface area contributed by atoms with Gasteiger partial charge in [0, 0.05) is 25.9 Å². The number of hydrogen-bond donors (Lipinski definition) is 1. The predicted molar refractivity (Wildman–Crippen MR) is 123 cm³/mol. The Morgan fingerprint density at radius 2 is 1.50 bits per heavy atom. The van der Waals surface area contributed by atoms with Crippen LogP contribution in [0.4, 0.5) is 13.2 Å². The molecule has 9 heteroatoms. The van der Waals surface area contributed by atoms with Crippen LogP contribution in [-0.4, -0.2) is 44.0 Å². The number of carbonyl (C=O) groups is 2. The second kappa shape index (κ2) is 12.9. The Kier molecular flexibility index (Phi) is 10.2. The van der Waals surface area contributed by atoms with Crippen LogP contribution in [0.3, 0.4) is 0 Å². The lowest BCUT2D eigenvalue weighted by molar-refractivity contribution is -0.137. The molecule has 6 nitrogen and oxygen atoms in total. The average molecular weight is 481 g/mol. The average Bonchev–Trinajstić information content (AvgIpc) is 2.81. The third-order valence-corrected chi connectivity index (χ3v) is 5.46. The number of hydrogen-bond acceptors (Lipinski definition) is 4. The SMILES string of the molecule is COc1ccc(CCN(CCc2cccc(C(F)(F)F)c2)C(=O)CCCCC(N)=O)cc1OC. The molecule has 0 saturated carbocycles. The van der Waals surface area contributed by atoms with Gasteiger partial charge in [-0.1, -0.05) is 24.3 Å². The fourth-order valence-corrected chi connectivity index (χ4v) is 3.56. The molecule has 0 aliphatic rings. The first-order chi connectivity index (χ1) is 16.1. The molecule has 2 rings (SSSR count). The lowest BCUT2D eigenvalue weighted by Crippen LogP contribution is -2.34. The first-order valence-electron chi connectivity index (χ1n) is 11.1. The first-order valence-corrected chi connectivity index (χ1v) is 11.1. The van der Waals surface area contributed by atoms with Gasteiger partial charge in [0.15, 0.2) is 11.5 Å². The summed E-state index contributed by atoms with van der Waals surface area (Å²) in [5.74, 6) is 0.644. The fraction of sp³-hybridized carbons (Fsp3) is 0.440. The largest absolute Gasteiger partial charge is 0.493 e. The van der Waals surface area contributed by atoms with Gasteiger partial charge in [-0.15, -0.1) is 0 Å². The molecule has 0 atom stereocenters. The number of primary amides is 1. The molecule has 0 spiro atoms. The van der Waals surface area contributed by atoms with Crippen LogP contribution in [0, 0.1) is 0 Å². The van der Waals surface area contributed by atoms with Gasteiger partial charge in [0.1, 0.15) is 0 Å². The minimum absolute atomic E-state index is 0.114. The summed E-state index contributed by atoms with van der Waals surface area (Å²) >= 11 is 0. The Morgan fingerprint density at radius 1 is 0.882 bits per heavy atom. The Bertz CT molecular complexity index is 963. The van der Waals surface area contributed by atoms with E-state index in [9.17, 15) is 22.8 Å². The van der Waals surface area contributed by atoms with Crippen molar-refractivity contribution in [2.45, 2.75) is 44.7 Å². The predicted octanol–water partition coefficient (Wildman–Crippen LogP) is 4.38. The molecule has 0 bridgehead atoms. The van der Waals surface area contributed by atoms with E-state index in [-0.39, 0.29) is 25.3 Å². The molecular weight excluding hydrogens is 449 g/mol. The molecule has 0 unspecified atom stereocenters. The van der Waals surface area contributed by atoms with E-state index in [1.165, 1.54) is 6.07 Å². The van der Waals surface area contributed by atoms with Crippen molar-refractivity contribution in [3.8, 4) is 11.5 Å². The zero-order valence-electron chi connectivity index (χ0n) is 19.5. The summed E-state index contributed by atoms with van der Waals surface area (Å²) in [6.07, 6.45) is -2.11. The molecule has 2 aromatic carbocycles. The van der Waals surface area contributed by atoms with E-state index in [0.717, 1.165) is 17.7 Å². The van der Waals surface area contributed by atoms with Gasteiger partial charge in [0.05, 0.1) is 19.8 Å². The molecule has 0 radical (unpaired) electrons. The van der Waals surface area contributed by atoms with Crippen LogP contribution < -0.4 is 15.2 Å². The van der Waals surface area contributed by atoms with Crippen molar-refractivity contribution in [3.63, 3.8) is 0 Å². The minimum Gasteiger partial charge on any atom is -0.493 e. The van der Waals surface area contributed by atoms with Crippen LogP contribution in [0.25, 0.3) is 0 Å². The van der Waals surface area contributed by atoms with Crippen molar-refractivity contribution in [1.82, 2.24) is 4.90 Å². The lowest BCUT2D eigenvalue weighted by atomic mass is 10.1. The van der Waals surface area contributed by atoms with Crippen LogP contribution >= 0.6 is 0 Å². The van der Waals surface area contributed by atoms with Crippen LogP contribution in [-0.2, 0) is 28.6 Å². The third kappa shape index (κ3) is 8.61. The highest BCUT2D eigenvalue weighted by atomic mass is 19.4. The van der Waals surface area contributed by atoms with E-state index in [1.807, 2.05) is 12.1 Å². The lowest BCUT2D eigenvalue weighted by Gasteiger charge is -2.23. The molecule has 186 valence electrons. The molecule has 2 amide bonds. The third-order valence-electron chi connectivity index (χ3n) is 5.46. The summed E-state index contributed by atoms with van der Waals surface area (Å²) in [5.41, 5.74) is 5.88. The number of benzene rings is 2. The van der Waals surface area contributed by atoms with Gasteiger partial charge in [-0.25, -0.2) is 0 Å². The van der Waals surface area contributed by atoms with Crippen LogP contribution in [0.15, 0.2) is 42.5 Å². The zero-order chi connectivity index (χ0) is 25.1. The number of amides is 2. The molecular formula is C25H31F3N2O4. The second-order valence-corrected chi connectivity index (χ2v) is 7.94. The Morgan fingerprint density at radius 3 is 2.09 bits per heavy atom. The van der Waals surface area contributed by atoms with E-state index in [0.29, 0.717) is 49.3 Å². The van der Waals surface area contributed by atoms with Gasteiger partial charge in [0.2, 0.25) is 11.8 Å². The van der Waals surface area contributed by atoms with Crippen molar-refractivity contribution in [1.29, 1.82) is 0 Å². The molecule has 0 fully saturated rings. The maximum atomic E-state index is 13.0. The number of halogens is 3. The standard InChI is InChI=1S/C25H31F3N2O4/c1-33-21-11-10-19(17-22(21)34-2)13-15-30(24(32)9-4-3-8-23(29)31)14-12-18-6-5-7-20(16-18)25(26,27)28/h5-7,10-11,16-17H,3-4,8-9,12-15H2,1-2H3,(H2,29,31). The summed E-state index contributed by atoms with van der Waals surface area (Å²) in [6, 6.07) is 10.6. The number of rotatable bonds is 13. The molecule has 2 N–H and O–H groups in total. The Labute approximate surface area is 197 Å². The number of carbonyl (C=O) groups excluding carboxylic acids is 2. The molecule has 0 aliphatic carbocycles. The summed E-state index contributed by atoms with van der Waals surface area (Å²) in [5, 5.41) is 0. The molecule has 0 aromatic heterocycles. The van der Waals surface area contributed by atoms with Gasteiger partial charge in [-0.05, 0) is 55.0 Å². The van der Waals surface area contributed by atoms with Gasteiger partial charge in [0.25, 0.3) is 0 Å². The minimum atomic E-state index is -4.42. The van der Waals surface area contributed by atoms with Crippen molar-refractivity contribution >= 4 is 11.8 Å². The van der Waals surface area contributed by atoms with E-state index in [1.54, 1.807) is 31.3 Å². The number of nitrogens with zero attached hydrogens (tertiary/aromatic N) is 1. The number of methoxy groups -OCH3 is 2. The first kappa shape index (κ1) is 27.0. The topological polar surface area (TPSA) is 81.9 Å². The summed E-state index contributed by atoms with van der Waals surface area (Å²) in [6.45, 7) is 0.673. The van der Waals surface area contributed by atoms with Gasteiger partial charge < -0.3 is 20.1 Å². The summed E-state index contributed by atoms with van der Waals surface area (Å²) in [7, 11) is 3.09. The summed E-state index contributed by atoms with van der Waals surface area (Å²) in [4.78, 5) is 25.4. The molecule has 2 aromatic rings. The van der Waals surface area contributed by atoms with Crippen molar-refractivity contribution in [2.75, 3.05) is 27.3 Å². The number of nitrogens with two attached hydrogens (primary N) is 1. The number of alkyl halides is 3. The monoisotopic (exact) mass is 480 g/mol. The van der Waals surface area contributed by atoms with E-state index in [2.05, 4.69) is 0 Å². The van der Waals surface area contributed by atoms with Gasteiger partial charge in [-0.2, -0.15) is 13.2 Å². The highest BCUT2D eigenvalue weighted by Gasteiger charge is 2.30. The smallest absolute Gasteiger partial charge is 0.416 e. The molecule has 0 heterocycles. The van der Waals surface area contributed by atoms with E-state index >= 15 is 0 Å². The van der Waals surface area contributed by atoms with Crippen LogP contribution in [0.2, 0.25) is 0 Å². The van der Waals surface area contributed by atoms with Crippen molar-refractivity contribution in [2.24, 2.45) is 5.73 Å². The quantitative estimate of drug-likeness (QED) is 0.432. The van der Waals surface area contributed by atoms with Gasteiger partial charge >= 0.3 is 6.18 Å². The van der Waals surface area contributed by atoms with E-state index < -0.39 is 17.6 Å². The maximum absolute atomic E-state index is 13.0. The molecule has 0 aliphatic heterocycles. The second-order valence-electron chi connectivity index (χ2n) is 7.94. The van der Waals surface area contributed by atoms with Crippen molar-refractivity contribution in [3.05, 3.63) is 59.2 Å². The Hall–Kier alpha value is -3.23. The highest BCUT2D eigenvalue weighted by molar-refractivity contribution is 5.76. The van der Waals surface area contributed by atoms with Crippen LogP contribution in [0.1, 0.15) is 42.4 Å². The van der Waals surface area contributed by atoms with Crippen LogP contribution in [0.5, 0.6) is 11.5 Å². The normalized spacial score (nSPS) is 11.2. The number of unbranched alkanes of at least 4 members (excludes halogenated alkanes) is 1. The molecule has 34 heavy (non-hydrogen) atoms. The Balaban J connectivity index is 2.08. The fourth-order valence-electron chi connectivity index (χ4n) is 3.56. The van der Waals surface area contributed by atoms with E-state index in [4.69, 9.17) is 15.2 Å². The zero-order valence-corrected chi connectivity index (χ0v) is 19.5. The highest BCUT2D eigenvalue weighted by Crippen LogP contribution is 2.30. The van der Waals surface area contributed by atoms with Gasteiger partial charge in [-0.3, -0.25) is 9.59 Å². The molecule has 0 saturated heterocycles. The maximum Gasteiger partial charge on any atom is 0.416 e. The summed E-state index contributed by atoms with van der Waals surface area (Å²) < 4.78 is 49.7. The van der Waals surface area contributed by atoms with Crippen molar-refractivity contribution < 1.29 is 32.2 Å².